The Bertz CT molecular complexity index is 3320. The molecule has 1 aliphatic rings. The van der Waals surface area contributed by atoms with Gasteiger partial charge in [-0.3, -0.25) is 0 Å². The molecule has 60 heavy (non-hydrogen) atoms. The second kappa shape index (κ2) is 15.2. The lowest BCUT2D eigenvalue weighted by molar-refractivity contribution is 0.742. The molecular formula is C56H39N3S. The Morgan fingerprint density at radius 1 is 0.417 bits per heavy atom. The number of nitrogens with zero attached hydrogens (tertiary/aromatic N) is 3. The maximum atomic E-state index is 5.22. The molecule has 2 heterocycles. The third-order valence-corrected chi connectivity index (χ3v) is 12.9. The van der Waals surface area contributed by atoms with E-state index in [0.29, 0.717) is 17.6 Å². The number of hydrogen-bond acceptors (Lipinski definition) is 4. The minimum absolute atomic E-state index is 0.406. The third kappa shape index (κ3) is 6.52. The summed E-state index contributed by atoms with van der Waals surface area (Å²) in [6.45, 7) is 2.24. The summed E-state index contributed by atoms with van der Waals surface area (Å²) < 4.78 is 2.65. The lowest BCUT2D eigenvalue weighted by Gasteiger charge is -2.16. The van der Waals surface area contributed by atoms with Crippen LogP contribution in [0.25, 0.3) is 104 Å². The van der Waals surface area contributed by atoms with Crippen molar-refractivity contribution < 1.29 is 0 Å². The van der Waals surface area contributed by atoms with E-state index in [1.165, 1.54) is 58.8 Å². The second-order valence-corrected chi connectivity index (χ2v) is 16.7. The van der Waals surface area contributed by atoms with Gasteiger partial charge < -0.3 is 0 Å². The van der Waals surface area contributed by atoms with Gasteiger partial charge in [0, 0.05) is 31.3 Å². The topological polar surface area (TPSA) is 38.7 Å². The van der Waals surface area contributed by atoms with Gasteiger partial charge in [-0.25, -0.2) is 15.0 Å². The van der Waals surface area contributed by atoms with Gasteiger partial charge in [-0.1, -0.05) is 189 Å². The first-order valence-corrected chi connectivity index (χ1v) is 21.4. The van der Waals surface area contributed by atoms with Crippen LogP contribution in [-0.4, -0.2) is 15.0 Å². The maximum Gasteiger partial charge on any atom is 0.164 e. The molecule has 1 atom stereocenters. The lowest BCUT2D eigenvalue weighted by Crippen LogP contribution is -2.06. The average molecular weight is 786 g/mol. The van der Waals surface area contributed by atoms with Gasteiger partial charge in [-0.05, 0) is 91.4 Å². The molecule has 0 saturated heterocycles. The number of fused-ring (bicyclic) bond motifs is 4. The van der Waals surface area contributed by atoms with Gasteiger partial charge in [0.15, 0.2) is 17.5 Å². The summed E-state index contributed by atoms with van der Waals surface area (Å²) in [5, 5.41) is 5.05. The van der Waals surface area contributed by atoms with Crippen molar-refractivity contribution in [1.29, 1.82) is 0 Å². The molecular weight excluding hydrogens is 747 g/mol. The average Bonchev–Trinajstić information content (AvgIpc) is 3.70. The summed E-state index contributed by atoms with van der Waals surface area (Å²) in [5.74, 6) is 2.46. The first kappa shape index (κ1) is 35.9. The van der Waals surface area contributed by atoms with Crippen molar-refractivity contribution in [3.05, 3.63) is 206 Å². The van der Waals surface area contributed by atoms with Crippen LogP contribution >= 0.6 is 11.3 Å². The highest BCUT2D eigenvalue weighted by Crippen LogP contribution is 2.42. The van der Waals surface area contributed by atoms with E-state index in [-0.39, 0.29) is 0 Å². The molecule has 4 heteroatoms. The number of benzene rings is 8. The molecule has 1 unspecified atom stereocenters. The molecule has 3 nitrogen and oxygen atoms in total. The summed E-state index contributed by atoms with van der Waals surface area (Å²) in [7, 11) is 0. The fourth-order valence-corrected chi connectivity index (χ4v) is 10.0. The number of rotatable bonds is 7. The van der Waals surface area contributed by atoms with E-state index in [2.05, 4.69) is 201 Å². The fourth-order valence-electron chi connectivity index (χ4n) is 8.78. The van der Waals surface area contributed by atoms with Crippen molar-refractivity contribution in [2.75, 3.05) is 0 Å². The molecule has 1 aliphatic carbocycles. The van der Waals surface area contributed by atoms with E-state index in [1.54, 1.807) is 0 Å². The lowest BCUT2D eigenvalue weighted by atomic mass is 9.90. The minimum atomic E-state index is 0.406. The van der Waals surface area contributed by atoms with E-state index in [4.69, 9.17) is 15.0 Å². The van der Waals surface area contributed by atoms with Gasteiger partial charge in [0.2, 0.25) is 0 Å². The molecule has 0 bridgehead atoms. The normalized spacial score (nSPS) is 13.9. The van der Waals surface area contributed by atoms with Crippen molar-refractivity contribution in [3.63, 3.8) is 0 Å². The zero-order valence-corrected chi connectivity index (χ0v) is 33.9. The summed E-state index contributed by atoms with van der Waals surface area (Å²) >= 11 is 1.88. The smallest absolute Gasteiger partial charge is 0.164 e. The molecule has 0 amide bonds. The van der Waals surface area contributed by atoms with Crippen LogP contribution in [0.4, 0.5) is 0 Å². The van der Waals surface area contributed by atoms with Crippen LogP contribution < -0.4 is 0 Å². The van der Waals surface area contributed by atoms with Crippen molar-refractivity contribution in [3.8, 4) is 67.3 Å². The molecule has 0 N–H and O–H groups in total. The molecule has 0 spiro atoms. The standard InChI is InChI=1S/C56H39N3S/c1-36-15-11-21-41(33-36)54-57-55(59-56(58-54)51-27-8-5-23-43(51)37-16-3-2-4-17-37)42-22-13-19-39(35-42)45-32-31-44(47-24-6-7-25-48(45)47)38-18-12-20-40(34-38)46-28-14-29-50-49-26-9-10-30-52(49)60-53(46)50/h2-32,34-36H,33H2,1H3. The molecule has 0 fully saturated rings. The number of thiophene rings is 1. The Kier molecular flexibility index (Phi) is 9.06. The first-order chi connectivity index (χ1) is 29.6. The van der Waals surface area contributed by atoms with Crippen molar-refractivity contribution in [1.82, 2.24) is 15.0 Å². The van der Waals surface area contributed by atoms with Gasteiger partial charge in [-0.15, -0.1) is 11.3 Å². The van der Waals surface area contributed by atoms with Crippen LogP contribution in [0.5, 0.6) is 0 Å². The predicted molar refractivity (Wildman–Crippen MR) is 254 cm³/mol. The highest BCUT2D eigenvalue weighted by molar-refractivity contribution is 7.26. The molecule has 0 aliphatic heterocycles. The highest BCUT2D eigenvalue weighted by atomic mass is 32.1. The van der Waals surface area contributed by atoms with Gasteiger partial charge in [0.1, 0.15) is 0 Å². The zero-order valence-electron chi connectivity index (χ0n) is 33.1. The minimum Gasteiger partial charge on any atom is -0.209 e. The molecule has 284 valence electrons. The molecule has 0 radical (unpaired) electrons. The molecule has 11 rings (SSSR count). The Labute approximate surface area is 353 Å². The molecule has 0 saturated carbocycles. The largest absolute Gasteiger partial charge is 0.209 e. The van der Waals surface area contributed by atoms with Crippen LogP contribution in [0.1, 0.15) is 19.2 Å². The zero-order chi connectivity index (χ0) is 40.0. The van der Waals surface area contributed by atoms with Crippen molar-refractivity contribution in [2.45, 2.75) is 13.3 Å². The van der Waals surface area contributed by atoms with Crippen LogP contribution in [-0.2, 0) is 0 Å². The second-order valence-electron chi connectivity index (χ2n) is 15.6. The molecule has 10 aromatic rings. The Morgan fingerprint density at radius 3 is 1.70 bits per heavy atom. The molecule has 2 aromatic heterocycles. The highest BCUT2D eigenvalue weighted by Gasteiger charge is 2.20. The van der Waals surface area contributed by atoms with E-state index < -0.39 is 0 Å². The number of hydrogen-bond donors (Lipinski definition) is 0. The third-order valence-electron chi connectivity index (χ3n) is 11.7. The number of aromatic nitrogens is 3. The van der Waals surface area contributed by atoms with Gasteiger partial charge >= 0.3 is 0 Å². The van der Waals surface area contributed by atoms with Crippen molar-refractivity contribution >= 4 is 47.9 Å². The van der Waals surface area contributed by atoms with Gasteiger partial charge in [-0.2, -0.15) is 0 Å². The molecule has 8 aromatic carbocycles. The summed E-state index contributed by atoms with van der Waals surface area (Å²) in [5.41, 5.74) is 12.5. The van der Waals surface area contributed by atoms with E-state index in [0.717, 1.165) is 45.6 Å². The fraction of sp³-hybridized carbons (Fsp3) is 0.0536. The van der Waals surface area contributed by atoms with Crippen LogP contribution in [0.3, 0.4) is 0 Å². The Morgan fingerprint density at radius 2 is 0.950 bits per heavy atom. The van der Waals surface area contributed by atoms with Crippen LogP contribution in [0.15, 0.2) is 200 Å². The van der Waals surface area contributed by atoms with E-state index in [1.807, 2.05) is 17.4 Å². The quantitative estimate of drug-likeness (QED) is 0.162. The summed E-state index contributed by atoms with van der Waals surface area (Å²) in [6, 6.07) is 65.3. The number of allylic oxidation sites excluding steroid dienone is 4. The predicted octanol–water partition coefficient (Wildman–Crippen LogP) is 15.4. The Balaban J connectivity index is 1.01. The van der Waals surface area contributed by atoms with Crippen LogP contribution in [0.2, 0.25) is 0 Å². The summed E-state index contributed by atoms with van der Waals surface area (Å²) in [4.78, 5) is 15.6. The van der Waals surface area contributed by atoms with Crippen LogP contribution in [0, 0.1) is 5.92 Å². The van der Waals surface area contributed by atoms with Gasteiger partial charge in [0.05, 0.1) is 0 Å². The monoisotopic (exact) mass is 785 g/mol. The SMILES string of the molecule is CC1C=CC=C(c2nc(-c3cccc(-c4ccc(-c5cccc(-c6cccc7c6sc6ccccc67)c5)c5ccccc45)c3)nc(-c3ccccc3-c3ccccc3)n2)C1. The first-order valence-electron chi connectivity index (χ1n) is 20.6. The summed E-state index contributed by atoms with van der Waals surface area (Å²) in [6.07, 6.45) is 7.39. The van der Waals surface area contributed by atoms with Gasteiger partial charge in [0.25, 0.3) is 0 Å². The van der Waals surface area contributed by atoms with E-state index >= 15 is 0 Å². The van der Waals surface area contributed by atoms with Crippen molar-refractivity contribution in [2.24, 2.45) is 5.92 Å². The maximum absolute atomic E-state index is 5.22. The van der Waals surface area contributed by atoms with E-state index in [9.17, 15) is 0 Å². The Hall–Kier alpha value is -7.27.